The Balaban J connectivity index is 0.00000100. The highest BCUT2D eigenvalue weighted by atomic mass is 32.2. The van der Waals surface area contributed by atoms with Crippen LogP contribution in [0.2, 0.25) is 0 Å². The van der Waals surface area contributed by atoms with Gasteiger partial charge in [0.1, 0.15) is 17.2 Å². The summed E-state index contributed by atoms with van der Waals surface area (Å²) in [5.41, 5.74) is 0. The summed E-state index contributed by atoms with van der Waals surface area (Å²) in [5, 5.41) is 8.89. The van der Waals surface area contributed by atoms with Crippen LogP contribution in [0.4, 0.5) is 0 Å². The Morgan fingerprint density at radius 2 is 0.771 bits per heavy atom. The fourth-order valence-corrected chi connectivity index (χ4v) is 5.23. The molecule has 6 heteroatoms. The van der Waals surface area contributed by atoms with Gasteiger partial charge in [0.05, 0.1) is 29.2 Å². The average Bonchev–Trinajstić information content (AvgIpc) is 2.76. The number of hydrogen-bond donors (Lipinski definition) is 0. The van der Waals surface area contributed by atoms with Crippen LogP contribution in [0.25, 0.3) is 0 Å². The molecule has 0 spiro atoms. The molecular formula is C29H36O5S. The summed E-state index contributed by atoms with van der Waals surface area (Å²) in [5.74, 6) is 1.59. The molecule has 0 fully saturated rings. The van der Waals surface area contributed by atoms with E-state index in [-0.39, 0.29) is 29.2 Å². The molecule has 0 N–H and O–H groups in total. The van der Waals surface area contributed by atoms with Crippen molar-refractivity contribution in [2.75, 3.05) is 0 Å². The zero-order chi connectivity index (χ0) is 26.0. The monoisotopic (exact) mass is 496 g/mol. The summed E-state index contributed by atoms with van der Waals surface area (Å²) >= 11 is 0. The van der Waals surface area contributed by atoms with Crippen LogP contribution in [0.1, 0.15) is 48.5 Å². The molecule has 0 amide bonds. The van der Waals surface area contributed by atoms with Crippen molar-refractivity contribution >= 4 is 16.9 Å². The van der Waals surface area contributed by atoms with E-state index in [2.05, 4.69) is 72.8 Å². The van der Waals surface area contributed by atoms with Crippen molar-refractivity contribution in [1.82, 2.24) is 0 Å². The van der Waals surface area contributed by atoms with Crippen molar-refractivity contribution in [2.45, 2.75) is 81.5 Å². The Kier molecular flexibility index (Phi) is 11.0. The molecule has 0 aliphatic heterocycles. The Morgan fingerprint density at radius 3 is 0.943 bits per heavy atom. The molecule has 3 aromatic carbocycles. The number of carboxylic acids is 1. The molecule has 0 atom stereocenters. The minimum absolute atomic E-state index is 0.158. The molecule has 5 nitrogen and oxygen atoms in total. The number of carboxylic acid groups (broad SMARTS) is 1. The molecule has 0 saturated carbocycles. The molecule has 3 aromatic rings. The van der Waals surface area contributed by atoms with Gasteiger partial charge in [0.2, 0.25) is 0 Å². The topological polar surface area (TPSA) is 67.8 Å². The lowest BCUT2D eigenvalue weighted by atomic mass is 10.3. The van der Waals surface area contributed by atoms with Crippen LogP contribution in [0.15, 0.2) is 87.5 Å². The maximum absolute atomic E-state index is 8.89. The largest absolute Gasteiger partial charge is 0.550 e. The highest BCUT2D eigenvalue weighted by molar-refractivity contribution is 7.97. The minimum atomic E-state index is -1.08. The van der Waals surface area contributed by atoms with Gasteiger partial charge in [-0.3, -0.25) is 0 Å². The Morgan fingerprint density at radius 1 is 0.571 bits per heavy atom. The van der Waals surface area contributed by atoms with E-state index in [4.69, 9.17) is 24.1 Å². The van der Waals surface area contributed by atoms with Crippen LogP contribution in [0.3, 0.4) is 0 Å². The van der Waals surface area contributed by atoms with Gasteiger partial charge in [-0.25, -0.2) is 0 Å². The van der Waals surface area contributed by atoms with Crippen molar-refractivity contribution in [3.8, 4) is 17.2 Å². The Hall–Kier alpha value is -3.12. The maximum Gasteiger partial charge on any atom is 0.166 e. The molecule has 0 unspecified atom stereocenters. The third kappa shape index (κ3) is 9.95. The lowest BCUT2D eigenvalue weighted by Crippen LogP contribution is -2.16. The lowest BCUT2D eigenvalue weighted by Gasteiger charge is -2.13. The van der Waals surface area contributed by atoms with Gasteiger partial charge in [-0.05, 0) is 121 Å². The van der Waals surface area contributed by atoms with Gasteiger partial charge < -0.3 is 24.1 Å². The van der Waals surface area contributed by atoms with Gasteiger partial charge in [0.25, 0.3) is 0 Å². The minimum Gasteiger partial charge on any atom is -0.550 e. The third-order valence-electron chi connectivity index (χ3n) is 4.29. The van der Waals surface area contributed by atoms with Gasteiger partial charge in [0, 0.05) is 5.97 Å². The van der Waals surface area contributed by atoms with Crippen LogP contribution >= 0.6 is 0 Å². The number of benzene rings is 3. The summed E-state index contributed by atoms with van der Waals surface area (Å²) in [6, 6.07) is 25.3. The van der Waals surface area contributed by atoms with E-state index in [0.29, 0.717) is 0 Å². The molecule has 0 aliphatic rings. The summed E-state index contributed by atoms with van der Waals surface area (Å²) < 4.78 is 17.5. The van der Waals surface area contributed by atoms with E-state index in [0.717, 1.165) is 24.2 Å². The van der Waals surface area contributed by atoms with E-state index in [9.17, 15) is 0 Å². The van der Waals surface area contributed by atoms with Gasteiger partial charge in [-0.15, -0.1) is 0 Å². The second kappa shape index (κ2) is 13.7. The molecule has 0 radical (unpaired) electrons. The van der Waals surface area contributed by atoms with Crippen molar-refractivity contribution < 1.29 is 24.1 Å². The summed E-state index contributed by atoms with van der Waals surface area (Å²) in [6.45, 7) is 13.2. The molecule has 0 heterocycles. The molecule has 35 heavy (non-hydrogen) atoms. The zero-order valence-corrected chi connectivity index (χ0v) is 22.4. The normalized spacial score (nSPS) is 10.8. The van der Waals surface area contributed by atoms with Crippen LogP contribution in [-0.4, -0.2) is 24.3 Å². The summed E-state index contributed by atoms with van der Waals surface area (Å²) in [6.07, 6.45) is 0.475. The lowest BCUT2D eigenvalue weighted by molar-refractivity contribution is -0.302. The van der Waals surface area contributed by atoms with Crippen LogP contribution in [0, 0.1) is 0 Å². The first-order chi connectivity index (χ1) is 16.5. The van der Waals surface area contributed by atoms with Crippen molar-refractivity contribution in [3.05, 3.63) is 72.8 Å². The quantitative estimate of drug-likeness (QED) is 0.345. The van der Waals surface area contributed by atoms with E-state index in [1.54, 1.807) is 0 Å². The van der Waals surface area contributed by atoms with Crippen LogP contribution < -0.4 is 19.3 Å². The highest BCUT2D eigenvalue weighted by Crippen LogP contribution is 2.34. The smallest absolute Gasteiger partial charge is 0.166 e. The number of hydrogen-bond acceptors (Lipinski definition) is 5. The second-order valence-electron chi connectivity index (χ2n) is 8.71. The number of carbonyl (C=O) groups excluding carboxylic acids is 1. The van der Waals surface area contributed by atoms with E-state index in [1.165, 1.54) is 14.7 Å². The third-order valence-corrected chi connectivity index (χ3v) is 6.52. The molecule has 0 aliphatic carbocycles. The van der Waals surface area contributed by atoms with Gasteiger partial charge in [-0.2, -0.15) is 0 Å². The number of aliphatic carboxylic acids is 1. The number of ether oxygens (including phenoxy) is 3. The first-order valence-corrected chi connectivity index (χ1v) is 13.0. The molecular weight excluding hydrogens is 460 g/mol. The molecule has 0 bridgehead atoms. The van der Waals surface area contributed by atoms with Gasteiger partial charge in [0.15, 0.2) is 14.7 Å². The van der Waals surface area contributed by atoms with E-state index < -0.39 is 5.97 Å². The van der Waals surface area contributed by atoms with Gasteiger partial charge >= 0.3 is 0 Å². The molecule has 0 saturated heterocycles. The molecule has 188 valence electrons. The summed E-state index contributed by atoms with van der Waals surface area (Å²) in [4.78, 5) is 12.6. The van der Waals surface area contributed by atoms with Crippen molar-refractivity contribution in [2.24, 2.45) is 0 Å². The van der Waals surface area contributed by atoms with E-state index >= 15 is 0 Å². The fraction of sp³-hybridized carbons (Fsp3) is 0.345. The van der Waals surface area contributed by atoms with Crippen molar-refractivity contribution in [3.63, 3.8) is 0 Å². The van der Waals surface area contributed by atoms with Crippen LogP contribution in [0.5, 0.6) is 17.2 Å². The first-order valence-electron chi connectivity index (χ1n) is 11.8. The Labute approximate surface area is 212 Å². The van der Waals surface area contributed by atoms with Crippen LogP contribution in [-0.2, 0) is 15.7 Å². The molecule has 0 aromatic heterocycles. The Bertz CT molecular complexity index is 895. The maximum atomic E-state index is 8.89. The van der Waals surface area contributed by atoms with Gasteiger partial charge in [-0.1, -0.05) is 0 Å². The second-order valence-corrected chi connectivity index (χ2v) is 10.7. The number of carbonyl (C=O) groups is 1. The van der Waals surface area contributed by atoms with E-state index in [1.807, 2.05) is 41.5 Å². The number of rotatable bonds is 9. The van der Waals surface area contributed by atoms with Crippen molar-refractivity contribution in [1.29, 1.82) is 0 Å². The predicted molar refractivity (Wildman–Crippen MR) is 139 cm³/mol. The highest BCUT2D eigenvalue weighted by Gasteiger charge is 2.29. The summed E-state index contributed by atoms with van der Waals surface area (Å²) in [7, 11) is -0.244. The first kappa shape index (κ1) is 28.1. The molecule has 3 rings (SSSR count). The predicted octanol–water partition coefficient (Wildman–Crippen LogP) is 5.90. The average molecular weight is 497 g/mol. The standard InChI is InChI=1S/C27H33O3S.C2H4O2/c1-19(2)28-22-7-13-25(14-8-22)31(26-15-9-23(10-16-26)29-20(3)4)27-17-11-24(12-18-27)30-21(5)6;1-2(3)4/h7-21H,1-6H3;1H3,(H,3,4)/q+1;/p-1. The SMILES string of the molecule is CC(=O)[O-].CC(C)Oc1ccc([S+](c2ccc(OC(C)C)cc2)c2ccc(OC(C)C)cc2)cc1. The fourth-order valence-electron chi connectivity index (χ4n) is 3.19. The zero-order valence-electron chi connectivity index (χ0n) is 21.6.